The molecule has 1 aromatic carbocycles. The topological polar surface area (TPSA) is 111 Å². The molecule has 0 fully saturated rings. The number of rotatable bonds is 3. The molecule has 3 N–H and O–H groups in total. The van der Waals surface area contributed by atoms with Crippen molar-refractivity contribution in [3.05, 3.63) is 35.2 Å². The normalized spacial score (nSPS) is 11.3. The van der Waals surface area contributed by atoms with Gasteiger partial charge in [-0.25, -0.2) is 18.1 Å². The van der Waals surface area contributed by atoms with Gasteiger partial charge >= 0.3 is 0 Å². The maximum Gasteiger partial charge on any atom is 0.264 e. The lowest BCUT2D eigenvalue weighted by atomic mass is 10.2. The summed E-state index contributed by atoms with van der Waals surface area (Å²) in [6.45, 7) is 5.27. The number of aromatic nitrogens is 3. The van der Waals surface area contributed by atoms with E-state index in [9.17, 15) is 8.42 Å². The van der Waals surface area contributed by atoms with Crippen molar-refractivity contribution in [2.24, 2.45) is 0 Å². The van der Waals surface area contributed by atoms with Crippen molar-refractivity contribution in [2.75, 3.05) is 10.5 Å². The van der Waals surface area contributed by atoms with Gasteiger partial charge in [-0.15, -0.1) is 5.10 Å². The van der Waals surface area contributed by atoms with E-state index in [0.717, 1.165) is 5.56 Å². The highest BCUT2D eigenvalue weighted by atomic mass is 32.2. The number of hydrogen-bond acceptors (Lipinski definition) is 6. The highest BCUT2D eigenvalue weighted by Gasteiger charge is 2.17. The van der Waals surface area contributed by atoms with Crippen LogP contribution in [-0.4, -0.2) is 23.6 Å². The summed E-state index contributed by atoms with van der Waals surface area (Å²) in [6, 6.07) is 4.51. The summed E-state index contributed by atoms with van der Waals surface area (Å²) in [5.41, 5.74) is 8.20. The van der Waals surface area contributed by atoms with Crippen molar-refractivity contribution >= 4 is 21.7 Å². The van der Waals surface area contributed by atoms with Gasteiger partial charge in [-0.05, 0) is 38.5 Å². The summed E-state index contributed by atoms with van der Waals surface area (Å²) in [4.78, 5) is 4.09. The number of anilines is 2. The molecule has 0 unspecified atom stereocenters. The number of nitrogens with one attached hydrogen (secondary N) is 1. The van der Waals surface area contributed by atoms with E-state index < -0.39 is 10.0 Å². The van der Waals surface area contributed by atoms with Crippen LogP contribution < -0.4 is 10.5 Å². The van der Waals surface area contributed by atoms with Crippen LogP contribution in [0.15, 0.2) is 23.1 Å². The average Bonchev–Trinajstić information content (AvgIpc) is 2.37. The number of aryl methyl sites for hydroxylation is 3. The maximum absolute atomic E-state index is 12.2. The molecule has 7 nitrogen and oxygen atoms in total. The molecule has 0 aliphatic carbocycles. The molecular formula is C12H15N5O2S. The van der Waals surface area contributed by atoms with Crippen LogP contribution in [0.5, 0.6) is 0 Å². The van der Waals surface area contributed by atoms with Gasteiger partial charge in [-0.2, -0.15) is 5.10 Å². The van der Waals surface area contributed by atoms with Gasteiger partial charge < -0.3 is 5.73 Å². The zero-order chi connectivity index (χ0) is 14.9. The van der Waals surface area contributed by atoms with Crippen molar-refractivity contribution < 1.29 is 8.42 Å². The molecule has 0 radical (unpaired) electrons. The van der Waals surface area contributed by atoms with Gasteiger partial charge in [0.2, 0.25) is 0 Å². The predicted molar refractivity (Wildman–Crippen MR) is 75.7 cm³/mol. The van der Waals surface area contributed by atoms with Gasteiger partial charge in [0.1, 0.15) is 0 Å². The van der Waals surface area contributed by atoms with E-state index in [0.29, 0.717) is 17.1 Å². The molecule has 0 aliphatic rings. The second-order valence-corrected chi connectivity index (χ2v) is 6.11. The summed E-state index contributed by atoms with van der Waals surface area (Å²) in [6.07, 6.45) is 0. The van der Waals surface area contributed by atoms with E-state index in [-0.39, 0.29) is 10.8 Å². The van der Waals surface area contributed by atoms with Crippen LogP contribution in [0.4, 0.5) is 11.6 Å². The third-order valence-electron chi connectivity index (χ3n) is 2.88. The monoisotopic (exact) mass is 293 g/mol. The molecule has 20 heavy (non-hydrogen) atoms. The lowest BCUT2D eigenvalue weighted by molar-refractivity contribution is 0.600. The van der Waals surface area contributed by atoms with Crippen LogP contribution in [0.2, 0.25) is 0 Å². The molecule has 1 heterocycles. The van der Waals surface area contributed by atoms with E-state index >= 15 is 0 Å². The first kappa shape index (κ1) is 14.2. The minimum absolute atomic E-state index is 0.0578. The van der Waals surface area contributed by atoms with Gasteiger partial charge in [0.15, 0.2) is 0 Å². The smallest absolute Gasteiger partial charge is 0.264 e. The summed E-state index contributed by atoms with van der Waals surface area (Å²) < 4.78 is 26.7. The van der Waals surface area contributed by atoms with Crippen molar-refractivity contribution in [1.29, 1.82) is 0 Å². The Morgan fingerprint density at radius 1 is 1.10 bits per heavy atom. The second-order valence-electron chi connectivity index (χ2n) is 4.43. The van der Waals surface area contributed by atoms with Gasteiger partial charge in [0.05, 0.1) is 16.3 Å². The van der Waals surface area contributed by atoms with Crippen LogP contribution in [0.1, 0.15) is 17.0 Å². The van der Waals surface area contributed by atoms with E-state index in [1.54, 1.807) is 26.8 Å². The van der Waals surface area contributed by atoms with Gasteiger partial charge in [0, 0.05) is 5.69 Å². The number of benzene rings is 1. The van der Waals surface area contributed by atoms with E-state index in [4.69, 9.17) is 5.73 Å². The number of sulfonamides is 1. The summed E-state index contributed by atoms with van der Waals surface area (Å²) in [7, 11) is -3.78. The first-order valence-corrected chi connectivity index (χ1v) is 7.35. The zero-order valence-corrected chi connectivity index (χ0v) is 12.2. The number of nitrogens with two attached hydrogens (primary N) is 1. The van der Waals surface area contributed by atoms with Crippen molar-refractivity contribution in [1.82, 2.24) is 15.2 Å². The fraction of sp³-hybridized carbons (Fsp3) is 0.250. The maximum atomic E-state index is 12.2. The lowest BCUT2D eigenvalue weighted by Gasteiger charge is -2.08. The molecule has 106 valence electrons. The molecule has 2 aromatic rings. The Hall–Kier alpha value is -2.22. The Bertz CT molecular complexity index is 758. The fourth-order valence-corrected chi connectivity index (χ4v) is 2.44. The van der Waals surface area contributed by atoms with Crippen LogP contribution >= 0.6 is 0 Å². The lowest BCUT2D eigenvalue weighted by Crippen LogP contribution is -2.16. The van der Waals surface area contributed by atoms with Gasteiger partial charge in [-0.1, -0.05) is 6.07 Å². The largest absolute Gasteiger partial charge is 0.398 e. The summed E-state index contributed by atoms with van der Waals surface area (Å²) >= 11 is 0. The Morgan fingerprint density at radius 2 is 1.80 bits per heavy atom. The van der Waals surface area contributed by atoms with E-state index in [2.05, 4.69) is 19.9 Å². The van der Waals surface area contributed by atoms with Gasteiger partial charge in [-0.3, -0.25) is 0 Å². The Labute approximate surface area is 117 Å². The van der Waals surface area contributed by atoms with E-state index in [1.807, 2.05) is 0 Å². The minimum Gasteiger partial charge on any atom is -0.398 e. The van der Waals surface area contributed by atoms with Crippen molar-refractivity contribution in [2.45, 2.75) is 25.7 Å². The number of nitrogen functional groups attached to an aromatic ring is 1. The first-order valence-electron chi connectivity index (χ1n) is 5.86. The fourth-order valence-electron chi connectivity index (χ4n) is 1.46. The Kier molecular flexibility index (Phi) is 3.58. The highest BCUT2D eigenvalue weighted by molar-refractivity contribution is 7.92. The van der Waals surface area contributed by atoms with E-state index in [1.165, 1.54) is 12.1 Å². The first-order chi connectivity index (χ1) is 9.29. The zero-order valence-electron chi connectivity index (χ0n) is 11.4. The second kappa shape index (κ2) is 5.04. The Balaban J connectivity index is 2.35. The minimum atomic E-state index is -3.78. The van der Waals surface area contributed by atoms with Crippen LogP contribution in [0, 0.1) is 20.8 Å². The van der Waals surface area contributed by atoms with Crippen LogP contribution in [-0.2, 0) is 10.0 Å². The quantitative estimate of drug-likeness (QED) is 0.822. The third-order valence-corrected chi connectivity index (χ3v) is 4.20. The molecule has 0 saturated carbocycles. The highest BCUT2D eigenvalue weighted by Crippen LogP contribution is 2.19. The molecule has 0 atom stereocenters. The third kappa shape index (κ3) is 2.85. The van der Waals surface area contributed by atoms with Crippen LogP contribution in [0.25, 0.3) is 0 Å². The molecule has 0 amide bonds. The molecule has 0 spiro atoms. The molecule has 0 saturated heterocycles. The molecule has 1 aromatic heterocycles. The number of nitrogens with zero attached hydrogens (tertiary/aromatic N) is 3. The van der Waals surface area contributed by atoms with Crippen LogP contribution in [0.3, 0.4) is 0 Å². The SMILES string of the molecule is Cc1ccc(S(=O)(=O)Nc2nnc(C)c(C)n2)cc1N. The van der Waals surface area contributed by atoms with Gasteiger partial charge in [0.25, 0.3) is 16.0 Å². The van der Waals surface area contributed by atoms with Crippen molar-refractivity contribution in [3.63, 3.8) is 0 Å². The Morgan fingerprint density at radius 3 is 2.40 bits per heavy atom. The molecule has 0 bridgehead atoms. The predicted octanol–water partition coefficient (Wildman–Crippen LogP) is 1.18. The average molecular weight is 293 g/mol. The summed E-state index contributed by atoms with van der Waals surface area (Å²) in [5, 5.41) is 7.53. The molecule has 2 rings (SSSR count). The number of hydrogen-bond donors (Lipinski definition) is 2. The molecular weight excluding hydrogens is 278 g/mol. The van der Waals surface area contributed by atoms with Crippen molar-refractivity contribution in [3.8, 4) is 0 Å². The standard InChI is InChI=1S/C12H15N5O2S/c1-7-4-5-10(6-11(7)13)20(18,19)17-12-14-8(2)9(3)15-16-12/h4-6H,13H2,1-3H3,(H,14,16,17). The summed E-state index contributed by atoms with van der Waals surface area (Å²) in [5.74, 6) is -0.0627. The molecule has 8 heteroatoms. The molecule has 0 aliphatic heterocycles.